The monoisotopic (exact) mass is 333 g/mol. The van der Waals surface area contributed by atoms with E-state index in [4.69, 9.17) is 0 Å². The number of hydrogen-bond donors (Lipinski definition) is 1. The minimum absolute atomic E-state index is 0.182. The van der Waals surface area contributed by atoms with E-state index < -0.39 is 15.9 Å². The lowest BCUT2D eigenvalue weighted by atomic mass is 10.1. The molecule has 0 aliphatic carbocycles. The van der Waals surface area contributed by atoms with Crippen molar-refractivity contribution in [2.75, 3.05) is 19.8 Å². The third kappa shape index (κ3) is 4.64. The van der Waals surface area contributed by atoms with E-state index in [1.807, 2.05) is 25.2 Å². The first-order valence-corrected chi connectivity index (χ1v) is 9.41. The second-order valence-electron chi connectivity index (χ2n) is 5.88. The molecule has 1 N–H and O–H groups in total. The molecule has 5 heteroatoms. The van der Waals surface area contributed by atoms with Crippen LogP contribution in [0.2, 0.25) is 0 Å². The Morgan fingerprint density at radius 2 is 1.57 bits per heavy atom. The highest BCUT2D eigenvalue weighted by atomic mass is 32.2. The van der Waals surface area contributed by atoms with Crippen molar-refractivity contribution in [2.24, 2.45) is 0 Å². The van der Waals surface area contributed by atoms with Gasteiger partial charge in [0, 0.05) is 18.8 Å². The predicted molar refractivity (Wildman–Crippen MR) is 92.0 cm³/mol. The van der Waals surface area contributed by atoms with E-state index in [2.05, 4.69) is 24.0 Å². The van der Waals surface area contributed by atoms with Gasteiger partial charge in [0.15, 0.2) is 9.84 Å². The molecular formula is C18H23NO3S. The molecule has 23 heavy (non-hydrogen) atoms. The Balaban J connectivity index is 2.05. The van der Waals surface area contributed by atoms with Gasteiger partial charge in [-0.05, 0) is 37.2 Å². The Bertz CT molecular complexity index is 727. The Morgan fingerprint density at radius 3 is 2.09 bits per heavy atom. The molecule has 0 amide bonds. The number of likely N-dealkylation sites (N-methyl/N-ethyl adjacent to an activating group) is 1. The smallest absolute Gasteiger partial charge is 0.175 e. The maximum atomic E-state index is 11.5. The van der Waals surface area contributed by atoms with Gasteiger partial charge in [0.25, 0.3) is 0 Å². The second kappa shape index (κ2) is 7.25. The Kier molecular flexibility index (Phi) is 5.57. The Labute approximate surface area is 138 Å². The molecule has 2 atom stereocenters. The lowest BCUT2D eigenvalue weighted by molar-refractivity contribution is 0.108. The Hall–Kier alpha value is -1.69. The zero-order chi connectivity index (χ0) is 17.0. The van der Waals surface area contributed by atoms with Gasteiger partial charge < -0.3 is 5.11 Å². The first-order chi connectivity index (χ1) is 10.8. The third-order valence-electron chi connectivity index (χ3n) is 4.10. The maximum Gasteiger partial charge on any atom is 0.175 e. The molecule has 2 aromatic carbocycles. The summed E-state index contributed by atoms with van der Waals surface area (Å²) in [5.41, 5.74) is 1.90. The summed E-state index contributed by atoms with van der Waals surface area (Å²) in [6, 6.07) is 16.7. The van der Waals surface area contributed by atoms with Crippen LogP contribution in [-0.4, -0.2) is 38.3 Å². The average Bonchev–Trinajstić information content (AvgIpc) is 2.54. The molecule has 0 radical (unpaired) electrons. The first kappa shape index (κ1) is 17.7. The zero-order valence-electron chi connectivity index (χ0n) is 13.7. The number of benzene rings is 2. The molecule has 0 fully saturated rings. The zero-order valence-corrected chi connectivity index (χ0v) is 14.5. The van der Waals surface area contributed by atoms with Crippen molar-refractivity contribution in [2.45, 2.75) is 24.0 Å². The van der Waals surface area contributed by atoms with Gasteiger partial charge in [-0.25, -0.2) is 8.42 Å². The van der Waals surface area contributed by atoms with Crippen molar-refractivity contribution in [3.05, 3.63) is 65.7 Å². The van der Waals surface area contributed by atoms with E-state index in [1.54, 1.807) is 12.1 Å². The van der Waals surface area contributed by atoms with Gasteiger partial charge in [-0.15, -0.1) is 0 Å². The Morgan fingerprint density at radius 1 is 1.00 bits per heavy atom. The average molecular weight is 333 g/mol. The quantitative estimate of drug-likeness (QED) is 0.883. The molecule has 124 valence electrons. The minimum Gasteiger partial charge on any atom is -0.387 e. The number of aliphatic hydroxyl groups is 1. The van der Waals surface area contributed by atoms with Gasteiger partial charge in [0.1, 0.15) is 0 Å². The van der Waals surface area contributed by atoms with Crippen molar-refractivity contribution in [1.82, 2.24) is 4.90 Å². The fourth-order valence-electron chi connectivity index (χ4n) is 2.46. The molecule has 0 spiro atoms. The largest absolute Gasteiger partial charge is 0.387 e. The lowest BCUT2D eigenvalue weighted by Gasteiger charge is -2.27. The van der Waals surface area contributed by atoms with Crippen molar-refractivity contribution < 1.29 is 13.5 Å². The van der Waals surface area contributed by atoms with Crippen molar-refractivity contribution in [3.8, 4) is 0 Å². The molecule has 0 bridgehead atoms. The van der Waals surface area contributed by atoms with Crippen LogP contribution in [0.3, 0.4) is 0 Å². The topological polar surface area (TPSA) is 57.6 Å². The first-order valence-electron chi connectivity index (χ1n) is 7.52. The third-order valence-corrected chi connectivity index (χ3v) is 5.23. The summed E-state index contributed by atoms with van der Waals surface area (Å²) in [4.78, 5) is 2.34. The number of rotatable bonds is 6. The van der Waals surface area contributed by atoms with E-state index in [1.165, 1.54) is 24.0 Å². The summed E-state index contributed by atoms with van der Waals surface area (Å²) < 4.78 is 22.9. The SMILES string of the molecule is CC(c1ccccc1)N(C)CC(O)c1ccc(S(C)(=O)=O)cc1. The van der Waals surface area contributed by atoms with Crippen molar-refractivity contribution in [1.29, 1.82) is 0 Å². The van der Waals surface area contributed by atoms with E-state index in [-0.39, 0.29) is 10.9 Å². The van der Waals surface area contributed by atoms with E-state index in [0.29, 0.717) is 12.1 Å². The summed E-state index contributed by atoms with van der Waals surface area (Å²) in [6.07, 6.45) is 0.507. The predicted octanol–water partition coefficient (Wildman–Crippen LogP) is 2.82. The van der Waals surface area contributed by atoms with Gasteiger partial charge in [-0.2, -0.15) is 0 Å². The highest BCUT2D eigenvalue weighted by Crippen LogP contribution is 2.22. The van der Waals surface area contributed by atoms with Crippen LogP contribution in [0.5, 0.6) is 0 Å². The molecule has 4 nitrogen and oxygen atoms in total. The molecule has 2 unspecified atom stereocenters. The van der Waals surface area contributed by atoms with Crippen LogP contribution in [0.4, 0.5) is 0 Å². The standard InChI is InChI=1S/C18H23NO3S/c1-14(15-7-5-4-6-8-15)19(2)13-18(20)16-9-11-17(12-10-16)23(3,21)22/h4-12,14,18,20H,13H2,1-3H3. The highest BCUT2D eigenvalue weighted by Gasteiger charge is 2.17. The molecule has 0 heterocycles. The summed E-state index contributed by atoms with van der Waals surface area (Å²) in [7, 11) is -1.25. The lowest BCUT2D eigenvalue weighted by Crippen LogP contribution is -2.27. The summed E-state index contributed by atoms with van der Waals surface area (Å²) in [5.74, 6) is 0. The minimum atomic E-state index is -3.21. The molecule has 2 rings (SSSR count). The van der Waals surface area contributed by atoms with Crippen LogP contribution < -0.4 is 0 Å². The number of nitrogens with zero attached hydrogens (tertiary/aromatic N) is 1. The highest BCUT2D eigenvalue weighted by molar-refractivity contribution is 7.90. The van der Waals surface area contributed by atoms with Crippen molar-refractivity contribution >= 4 is 9.84 Å². The van der Waals surface area contributed by atoms with Crippen LogP contribution in [0, 0.1) is 0 Å². The molecule has 0 aromatic heterocycles. The van der Waals surface area contributed by atoms with Gasteiger partial charge >= 0.3 is 0 Å². The van der Waals surface area contributed by atoms with Gasteiger partial charge in [-0.1, -0.05) is 42.5 Å². The molecule has 0 aliphatic heterocycles. The fraction of sp³-hybridized carbons (Fsp3) is 0.333. The molecular weight excluding hydrogens is 310 g/mol. The summed E-state index contributed by atoms with van der Waals surface area (Å²) in [6.45, 7) is 2.56. The molecule has 0 saturated carbocycles. The van der Waals surface area contributed by atoms with Gasteiger partial charge in [-0.3, -0.25) is 4.90 Å². The maximum absolute atomic E-state index is 11.5. The van der Waals surface area contributed by atoms with Crippen molar-refractivity contribution in [3.63, 3.8) is 0 Å². The number of hydrogen-bond acceptors (Lipinski definition) is 4. The van der Waals surface area contributed by atoms with Crippen LogP contribution >= 0.6 is 0 Å². The second-order valence-corrected chi connectivity index (χ2v) is 7.90. The normalized spacial score (nSPS) is 14.7. The number of aliphatic hydroxyl groups excluding tert-OH is 1. The van der Waals surface area contributed by atoms with Crippen LogP contribution in [-0.2, 0) is 9.84 Å². The summed E-state index contributed by atoms with van der Waals surface area (Å²) in [5, 5.41) is 10.4. The summed E-state index contributed by atoms with van der Waals surface area (Å²) >= 11 is 0. The molecule has 2 aromatic rings. The molecule has 0 saturated heterocycles. The molecule has 0 aliphatic rings. The van der Waals surface area contributed by atoms with Gasteiger partial charge in [0.2, 0.25) is 0 Å². The van der Waals surface area contributed by atoms with E-state index in [0.717, 1.165) is 0 Å². The van der Waals surface area contributed by atoms with E-state index >= 15 is 0 Å². The fourth-order valence-corrected chi connectivity index (χ4v) is 3.09. The van der Waals surface area contributed by atoms with E-state index in [9.17, 15) is 13.5 Å². The van der Waals surface area contributed by atoms with Crippen LogP contribution in [0.15, 0.2) is 59.5 Å². The van der Waals surface area contributed by atoms with Gasteiger partial charge in [0.05, 0.1) is 11.0 Å². The van der Waals surface area contributed by atoms with Crippen LogP contribution in [0.25, 0.3) is 0 Å². The van der Waals surface area contributed by atoms with Crippen LogP contribution in [0.1, 0.15) is 30.2 Å². The number of sulfone groups is 1.